The molecule has 0 bridgehead atoms. The van der Waals surface area contributed by atoms with Crippen LogP contribution in [0.25, 0.3) is 10.7 Å². The van der Waals surface area contributed by atoms with E-state index in [0.717, 1.165) is 27.1 Å². The third-order valence-corrected chi connectivity index (χ3v) is 7.50. The van der Waals surface area contributed by atoms with Gasteiger partial charge in [0.25, 0.3) is 0 Å². The third kappa shape index (κ3) is 4.12. The van der Waals surface area contributed by atoms with E-state index in [4.69, 9.17) is 0 Å². The van der Waals surface area contributed by atoms with Crippen LogP contribution in [-0.2, 0) is 6.54 Å². The van der Waals surface area contributed by atoms with Gasteiger partial charge in [-0.15, -0.1) is 21.5 Å². The van der Waals surface area contributed by atoms with Crippen molar-refractivity contribution in [1.29, 1.82) is 0 Å². The smallest absolute Gasteiger partial charge is 0.192 e. The summed E-state index contributed by atoms with van der Waals surface area (Å²) < 4.78 is 4.44. The lowest BCUT2D eigenvalue weighted by Gasteiger charge is -2.10. The Kier molecular flexibility index (Phi) is 5.54. The van der Waals surface area contributed by atoms with Crippen molar-refractivity contribution in [3.05, 3.63) is 76.4 Å². The SMILES string of the molecule is Cc1cc(C(=O)CSc2nnc(-c3cccs3)n2Cc2ccccc2)c(C)n1C1CC1. The molecule has 0 atom stereocenters. The molecule has 5 rings (SSSR count). The number of carbonyl (C=O) groups is 1. The molecule has 1 fully saturated rings. The Hall–Kier alpha value is -2.64. The Morgan fingerprint density at radius 2 is 1.94 bits per heavy atom. The number of hydrogen-bond acceptors (Lipinski definition) is 5. The van der Waals surface area contributed by atoms with Gasteiger partial charge in [-0.3, -0.25) is 9.36 Å². The van der Waals surface area contributed by atoms with E-state index in [9.17, 15) is 4.79 Å². The highest BCUT2D eigenvalue weighted by Crippen LogP contribution is 2.38. The van der Waals surface area contributed by atoms with Crippen molar-refractivity contribution >= 4 is 28.9 Å². The molecule has 0 saturated heterocycles. The molecule has 5 nitrogen and oxygen atoms in total. The molecule has 1 aromatic carbocycles. The fourth-order valence-corrected chi connectivity index (χ4v) is 5.59. The largest absolute Gasteiger partial charge is 0.345 e. The molecule has 0 spiro atoms. The molecule has 158 valence electrons. The summed E-state index contributed by atoms with van der Waals surface area (Å²) in [7, 11) is 0. The topological polar surface area (TPSA) is 52.7 Å². The van der Waals surface area contributed by atoms with Crippen molar-refractivity contribution < 1.29 is 4.79 Å². The van der Waals surface area contributed by atoms with E-state index in [0.29, 0.717) is 18.3 Å². The number of ketones is 1. The summed E-state index contributed by atoms with van der Waals surface area (Å²) in [5.74, 6) is 1.35. The zero-order chi connectivity index (χ0) is 21.4. The van der Waals surface area contributed by atoms with Gasteiger partial charge in [-0.05, 0) is 49.8 Å². The van der Waals surface area contributed by atoms with Crippen LogP contribution in [0.1, 0.15) is 46.2 Å². The van der Waals surface area contributed by atoms with Gasteiger partial charge >= 0.3 is 0 Å². The van der Waals surface area contributed by atoms with Crippen molar-refractivity contribution in [2.45, 2.75) is 44.4 Å². The minimum atomic E-state index is 0.150. The summed E-state index contributed by atoms with van der Waals surface area (Å²) in [4.78, 5) is 14.1. The lowest BCUT2D eigenvalue weighted by Crippen LogP contribution is -2.08. The van der Waals surface area contributed by atoms with Gasteiger partial charge in [-0.25, -0.2) is 0 Å². The van der Waals surface area contributed by atoms with Gasteiger partial charge in [0.05, 0.1) is 17.2 Å². The summed E-state index contributed by atoms with van der Waals surface area (Å²) in [5.41, 5.74) is 4.29. The fraction of sp³-hybridized carbons (Fsp3) is 0.292. The van der Waals surface area contributed by atoms with E-state index in [-0.39, 0.29) is 5.78 Å². The molecule has 0 amide bonds. The van der Waals surface area contributed by atoms with Gasteiger partial charge < -0.3 is 4.57 Å². The number of thioether (sulfide) groups is 1. The summed E-state index contributed by atoms with van der Waals surface area (Å²) in [5, 5.41) is 11.7. The van der Waals surface area contributed by atoms with E-state index in [1.54, 1.807) is 11.3 Å². The zero-order valence-electron chi connectivity index (χ0n) is 17.6. The lowest BCUT2D eigenvalue weighted by molar-refractivity contribution is 0.102. The van der Waals surface area contributed by atoms with Crippen LogP contribution in [-0.4, -0.2) is 30.9 Å². The molecule has 1 aliphatic rings. The Labute approximate surface area is 190 Å². The predicted octanol–water partition coefficient (Wildman–Crippen LogP) is 5.78. The van der Waals surface area contributed by atoms with Gasteiger partial charge in [-0.2, -0.15) is 0 Å². The maximum absolute atomic E-state index is 13.1. The van der Waals surface area contributed by atoms with Crippen LogP contribution < -0.4 is 0 Å². The van der Waals surface area contributed by atoms with Gasteiger partial charge in [0.2, 0.25) is 0 Å². The van der Waals surface area contributed by atoms with Gasteiger partial charge in [0.15, 0.2) is 16.8 Å². The molecular weight excluding hydrogens is 424 g/mol. The quantitative estimate of drug-likeness (QED) is 0.253. The molecule has 4 aromatic rings. The molecular formula is C24H24N4OS2. The van der Waals surface area contributed by atoms with Crippen molar-refractivity contribution in [3.8, 4) is 10.7 Å². The molecule has 0 N–H and O–H groups in total. The van der Waals surface area contributed by atoms with Crippen molar-refractivity contribution in [2.24, 2.45) is 0 Å². The van der Waals surface area contributed by atoms with Crippen LogP contribution >= 0.6 is 23.1 Å². The number of benzene rings is 1. The maximum Gasteiger partial charge on any atom is 0.192 e. The Morgan fingerprint density at radius 3 is 2.65 bits per heavy atom. The highest BCUT2D eigenvalue weighted by Gasteiger charge is 2.28. The zero-order valence-corrected chi connectivity index (χ0v) is 19.2. The monoisotopic (exact) mass is 448 g/mol. The van der Waals surface area contributed by atoms with E-state index >= 15 is 0 Å². The number of hydrogen-bond donors (Lipinski definition) is 0. The second kappa shape index (κ2) is 8.48. The summed E-state index contributed by atoms with van der Waals surface area (Å²) in [6.45, 7) is 4.84. The number of Topliss-reactive ketones (excluding diaryl/α,β-unsaturated/α-hetero) is 1. The molecule has 0 aliphatic heterocycles. The number of carbonyl (C=O) groups excluding carboxylic acids is 1. The molecule has 3 aromatic heterocycles. The van der Waals surface area contributed by atoms with Gasteiger partial charge in [-0.1, -0.05) is 48.2 Å². The van der Waals surface area contributed by atoms with E-state index in [1.165, 1.54) is 35.9 Å². The first-order chi connectivity index (χ1) is 15.1. The Bertz CT molecular complexity index is 1200. The summed E-state index contributed by atoms with van der Waals surface area (Å²) >= 11 is 3.12. The number of aryl methyl sites for hydroxylation is 1. The van der Waals surface area contributed by atoms with Crippen LogP contribution in [0.3, 0.4) is 0 Å². The summed E-state index contributed by atoms with van der Waals surface area (Å²) in [6, 6.07) is 17.0. The van der Waals surface area contributed by atoms with Crippen LogP contribution in [0.4, 0.5) is 0 Å². The van der Waals surface area contributed by atoms with Crippen LogP contribution in [0.15, 0.2) is 59.1 Å². The minimum absolute atomic E-state index is 0.150. The molecule has 0 radical (unpaired) electrons. The van der Waals surface area contributed by atoms with Crippen LogP contribution in [0.2, 0.25) is 0 Å². The normalized spacial score (nSPS) is 13.6. The molecule has 3 heterocycles. The predicted molar refractivity (Wildman–Crippen MR) is 126 cm³/mol. The Morgan fingerprint density at radius 1 is 1.13 bits per heavy atom. The van der Waals surface area contributed by atoms with Gasteiger partial charge in [0, 0.05) is 23.0 Å². The first kappa shape index (κ1) is 20.3. The molecule has 1 aliphatic carbocycles. The van der Waals surface area contributed by atoms with Crippen molar-refractivity contribution in [2.75, 3.05) is 5.75 Å². The maximum atomic E-state index is 13.1. The standard InChI is InChI=1S/C24H24N4OS2/c1-16-13-20(17(2)28(16)19-10-11-19)21(29)15-31-24-26-25-23(22-9-6-12-30-22)27(24)14-18-7-4-3-5-8-18/h3-9,12-13,19H,10-11,14-15H2,1-2H3. The highest BCUT2D eigenvalue weighted by molar-refractivity contribution is 7.99. The number of thiophene rings is 1. The van der Waals surface area contributed by atoms with Crippen molar-refractivity contribution in [3.63, 3.8) is 0 Å². The van der Waals surface area contributed by atoms with E-state index in [1.807, 2.05) is 35.7 Å². The summed E-state index contributed by atoms with van der Waals surface area (Å²) in [6.07, 6.45) is 2.43. The first-order valence-corrected chi connectivity index (χ1v) is 12.3. The third-order valence-electron chi connectivity index (χ3n) is 5.67. The second-order valence-corrected chi connectivity index (χ2v) is 9.84. The molecule has 0 unspecified atom stereocenters. The van der Waals surface area contributed by atoms with Gasteiger partial charge in [0.1, 0.15) is 0 Å². The van der Waals surface area contributed by atoms with E-state index in [2.05, 4.69) is 51.4 Å². The van der Waals surface area contributed by atoms with Crippen LogP contribution in [0, 0.1) is 13.8 Å². The Balaban J connectivity index is 1.39. The average molecular weight is 449 g/mol. The number of rotatable bonds is 8. The first-order valence-electron chi connectivity index (χ1n) is 10.5. The molecule has 7 heteroatoms. The molecule has 1 saturated carbocycles. The minimum Gasteiger partial charge on any atom is -0.345 e. The average Bonchev–Trinajstić information content (AvgIpc) is 3.18. The highest BCUT2D eigenvalue weighted by atomic mass is 32.2. The number of nitrogens with zero attached hydrogens (tertiary/aromatic N) is 4. The molecule has 31 heavy (non-hydrogen) atoms. The fourth-order valence-electron chi connectivity index (χ4n) is 4.05. The van der Waals surface area contributed by atoms with E-state index < -0.39 is 0 Å². The number of aromatic nitrogens is 4. The second-order valence-electron chi connectivity index (χ2n) is 7.95. The van der Waals surface area contributed by atoms with Crippen LogP contribution in [0.5, 0.6) is 0 Å². The lowest BCUT2D eigenvalue weighted by atomic mass is 10.2. The van der Waals surface area contributed by atoms with Crippen molar-refractivity contribution in [1.82, 2.24) is 19.3 Å².